The van der Waals surface area contributed by atoms with E-state index in [1.165, 1.54) is 18.2 Å². The summed E-state index contributed by atoms with van der Waals surface area (Å²) < 4.78 is 34.2. The lowest BCUT2D eigenvalue weighted by atomic mass is 9.78. The molecule has 0 N–H and O–H groups in total. The molecule has 0 atom stereocenters. The van der Waals surface area contributed by atoms with Gasteiger partial charge in [-0.1, -0.05) is 12.1 Å². The SMILES string of the molecule is CC(=O)N1C(C)(C)CC(=Nc2ccccc2S(=O)(=O)[O-])CC1(C)C. The molecule has 1 fully saturated rings. The first kappa shape index (κ1) is 18.6. The van der Waals surface area contributed by atoms with Gasteiger partial charge in [-0.25, -0.2) is 8.42 Å². The monoisotopic (exact) mass is 351 g/mol. The van der Waals surface area contributed by atoms with Gasteiger partial charge in [0.1, 0.15) is 10.1 Å². The van der Waals surface area contributed by atoms with Crippen molar-refractivity contribution in [2.45, 2.75) is 63.4 Å². The number of carbonyl (C=O) groups is 1. The Morgan fingerprint density at radius 2 is 1.62 bits per heavy atom. The van der Waals surface area contributed by atoms with E-state index in [0.29, 0.717) is 12.8 Å². The largest absolute Gasteiger partial charge is 0.744 e. The van der Waals surface area contributed by atoms with Gasteiger partial charge in [0.25, 0.3) is 0 Å². The van der Waals surface area contributed by atoms with E-state index >= 15 is 0 Å². The Kier molecular flexibility index (Phi) is 4.63. The molecule has 0 aliphatic carbocycles. The Hall–Kier alpha value is -1.73. The summed E-state index contributed by atoms with van der Waals surface area (Å²) in [5.74, 6) is -0.00779. The van der Waals surface area contributed by atoms with Crippen LogP contribution in [-0.2, 0) is 14.9 Å². The third kappa shape index (κ3) is 3.67. The molecule has 0 saturated carbocycles. The van der Waals surface area contributed by atoms with E-state index in [-0.39, 0.29) is 16.5 Å². The fourth-order valence-corrected chi connectivity index (χ4v) is 4.52. The Balaban J connectivity index is 2.49. The van der Waals surface area contributed by atoms with Gasteiger partial charge in [-0.3, -0.25) is 9.79 Å². The van der Waals surface area contributed by atoms with Crippen LogP contribution in [0.3, 0.4) is 0 Å². The van der Waals surface area contributed by atoms with Crippen molar-refractivity contribution in [1.82, 2.24) is 4.90 Å². The predicted molar refractivity (Wildman–Crippen MR) is 91.4 cm³/mol. The highest BCUT2D eigenvalue weighted by molar-refractivity contribution is 7.86. The molecule has 0 unspecified atom stereocenters. The van der Waals surface area contributed by atoms with E-state index in [2.05, 4.69) is 4.99 Å². The maximum absolute atomic E-state index is 12.0. The van der Waals surface area contributed by atoms with Crippen LogP contribution in [0.25, 0.3) is 0 Å². The molecule has 0 bridgehead atoms. The number of para-hydroxylation sites is 1. The Labute approximate surface area is 143 Å². The smallest absolute Gasteiger partial charge is 0.220 e. The molecule has 1 aromatic rings. The van der Waals surface area contributed by atoms with Gasteiger partial charge < -0.3 is 9.45 Å². The third-order valence-electron chi connectivity index (χ3n) is 4.21. The zero-order chi connectivity index (χ0) is 18.3. The normalized spacial score (nSPS) is 19.9. The average Bonchev–Trinajstić information content (AvgIpc) is 2.33. The van der Waals surface area contributed by atoms with Crippen molar-refractivity contribution in [2.24, 2.45) is 4.99 Å². The molecule has 24 heavy (non-hydrogen) atoms. The van der Waals surface area contributed by atoms with Crippen molar-refractivity contribution in [3.63, 3.8) is 0 Å². The van der Waals surface area contributed by atoms with Gasteiger partial charge in [0.15, 0.2) is 0 Å². The summed E-state index contributed by atoms with van der Waals surface area (Å²) in [6, 6.07) is 5.94. The summed E-state index contributed by atoms with van der Waals surface area (Å²) in [5.41, 5.74) is 0.0408. The molecule has 0 radical (unpaired) electrons. The van der Waals surface area contributed by atoms with Crippen molar-refractivity contribution in [1.29, 1.82) is 0 Å². The Bertz CT molecular complexity index is 775. The summed E-state index contributed by atoms with van der Waals surface area (Å²) in [4.78, 5) is 18.0. The molecule has 1 aliphatic rings. The zero-order valence-corrected chi connectivity index (χ0v) is 15.5. The second-order valence-electron chi connectivity index (χ2n) is 7.43. The van der Waals surface area contributed by atoms with Gasteiger partial charge in [0.05, 0.1) is 10.6 Å². The summed E-state index contributed by atoms with van der Waals surface area (Å²) in [6.45, 7) is 9.38. The van der Waals surface area contributed by atoms with Gasteiger partial charge >= 0.3 is 0 Å². The molecule has 0 spiro atoms. The van der Waals surface area contributed by atoms with E-state index in [4.69, 9.17) is 0 Å². The third-order valence-corrected chi connectivity index (χ3v) is 5.10. The lowest BCUT2D eigenvalue weighted by Crippen LogP contribution is -2.62. The fourth-order valence-electron chi connectivity index (χ4n) is 3.90. The minimum absolute atomic E-state index is 0.00779. The highest BCUT2D eigenvalue weighted by atomic mass is 32.2. The summed E-state index contributed by atoms with van der Waals surface area (Å²) in [5, 5.41) is 0. The number of benzene rings is 1. The number of amides is 1. The van der Waals surface area contributed by atoms with Crippen molar-refractivity contribution >= 4 is 27.4 Å². The van der Waals surface area contributed by atoms with E-state index in [1.54, 1.807) is 13.0 Å². The van der Waals surface area contributed by atoms with Crippen LogP contribution in [-0.4, -0.2) is 40.6 Å². The highest BCUT2D eigenvalue weighted by Gasteiger charge is 2.45. The van der Waals surface area contributed by atoms with Gasteiger partial charge in [-0.15, -0.1) is 0 Å². The first-order chi connectivity index (χ1) is 10.8. The van der Waals surface area contributed by atoms with E-state index in [0.717, 1.165) is 5.71 Å². The lowest BCUT2D eigenvalue weighted by Gasteiger charge is -2.52. The van der Waals surface area contributed by atoms with Crippen LogP contribution in [0.4, 0.5) is 5.69 Å². The minimum atomic E-state index is -4.59. The molecule has 132 valence electrons. The van der Waals surface area contributed by atoms with Gasteiger partial charge in [0, 0.05) is 36.6 Å². The number of hydrogen-bond donors (Lipinski definition) is 0. The number of hydrogen-bond acceptors (Lipinski definition) is 5. The number of likely N-dealkylation sites (tertiary alicyclic amines) is 1. The molecule has 1 amide bonds. The van der Waals surface area contributed by atoms with Crippen LogP contribution < -0.4 is 0 Å². The molecular weight excluding hydrogens is 328 g/mol. The first-order valence-electron chi connectivity index (χ1n) is 7.77. The van der Waals surface area contributed by atoms with Gasteiger partial charge in [-0.05, 0) is 39.8 Å². The molecule has 7 heteroatoms. The van der Waals surface area contributed by atoms with E-state index in [1.807, 2.05) is 32.6 Å². The van der Waals surface area contributed by atoms with Crippen molar-refractivity contribution in [2.75, 3.05) is 0 Å². The topological polar surface area (TPSA) is 89.9 Å². The maximum atomic E-state index is 12.0. The summed E-state index contributed by atoms with van der Waals surface area (Å²) in [7, 11) is -4.59. The minimum Gasteiger partial charge on any atom is -0.744 e. The number of piperidine rings is 1. The van der Waals surface area contributed by atoms with Crippen LogP contribution in [0.1, 0.15) is 47.5 Å². The second-order valence-corrected chi connectivity index (χ2v) is 8.78. The molecule has 0 aromatic heterocycles. The maximum Gasteiger partial charge on any atom is 0.220 e. The van der Waals surface area contributed by atoms with Crippen LogP contribution in [0.2, 0.25) is 0 Å². The molecule has 6 nitrogen and oxygen atoms in total. The fraction of sp³-hybridized carbons (Fsp3) is 0.529. The van der Waals surface area contributed by atoms with Crippen LogP contribution >= 0.6 is 0 Å². The zero-order valence-electron chi connectivity index (χ0n) is 14.7. The number of aliphatic imine (C=N–C) groups is 1. The molecule has 1 aromatic carbocycles. The molecular formula is C17H23N2O4S-. The quantitative estimate of drug-likeness (QED) is 0.766. The molecule has 1 aliphatic heterocycles. The number of rotatable bonds is 2. The summed E-state index contributed by atoms with van der Waals surface area (Å²) in [6.07, 6.45) is 1.03. The van der Waals surface area contributed by atoms with E-state index in [9.17, 15) is 17.8 Å². The van der Waals surface area contributed by atoms with Gasteiger partial charge in [-0.2, -0.15) is 0 Å². The van der Waals surface area contributed by atoms with E-state index < -0.39 is 21.2 Å². The molecule has 1 heterocycles. The number of carbonyl (C=O) groups excluding carboxylic acids is 1. The van der Waals surface area contributed by atoms with Crippen molar-refractivity contribution in [3.8, 4) is 0 Å². The molecule has 2 rings (SSSR count). The number of nitrogens with zero attached hydrogens (tertiary/aromatic N) is 2. The first-order valence-corrected chi connectivity index (χ1v) is 9.18. The molecule has 1 saturated heterocycles. The Morgan fingerprint density at radius 3 is 2.08 bits per heavy atom. The van der Waals surface area contributed by atoms with Crippen LogP contribution in [0, 0.1) is 0 Å². The average molecular weight is 351 g/mol. The lowest BCUT2D eigenvalue weighted by molar-refractivity contribution is -0.142. The van der Waals surface area contributed by atoms with Crippen molar-refractivity contribution < 1.29 is 17.8 Å². The van der Waals surface area contributed by atoms with Gasteiger partial charge in [0.2, 0.25) is 5.91 Å². The second kappa shape index (κ2) is 5.97. The Morgan fingerprint density at radius 1 is 1.12 bits per heavy atom. The van der Waals surface area contributed by atoms with Crippen molar-refractivity contribution in [3.05, 3.63) is 24.3 Å². The summed E-state index contributed by atoms with van der Waals surface area (Å²) >= 11 is 0. The van der Waals surface area contributed by atoms with Crippen LogP contribution in [0.15, 0.2) is 34.2 Å². The highest BCUT2D eigenvalue weighted by Crippen LogP contribution is 2.38. The van der Waals surface area contributed by atoms with Crippen LogP contribution in [0.5, 0.6) is 0 Å². The predicted octanol–water partition coefficient (Wildman–Crippen LogP) is 2.86. The standard InChI is InChI=1S/C17H24N2O4S/c1-12(20)19-16(2,3)10-13(11-17(19,4)5)18-14-8-6-7-9-15(14)24(21,22)23/h6-9H,10-11H2,1-5H3,(H,21,22,23)/p-1.